The second-order valence-corrected chi connectivity index (χ2v) is 4.54. The summed E-state index contributed by atoms with van der Waals surface area (Å²) in [5, 5.41) is 2.44. The fourth-order valence-electron chi connectivity index (χ4n) is 1.90. The van der Waals surface area contributed by atoms with Gasteiger partial charge in [0, 0.05) is 26.3 Å². The Kier molecular flexibility index (Phi) is 1.89. The van der Waals surface area contributed by atoms with Crippen molar-refractivity contribution in [2.75, 3.05) is 0 Å². The molecule has 15 heavy (non-hydrogen) atoms. The summed E-state index contributed by atoms with van der Waals surface area (Å²) in [6.07, 6.45) is 0. The normalized spacial score (nSPS) is 11.3. The first kappa shape index (κ1) is 9.04. The Bertz CT molecular complexity index is 601. The van der Waals surface area contributed by atoms with Gasteiger partial charge in [0.15, 0.2) is 0 Å². The Labute approximate surface area is 97.0 Å². The minimum Gasteiger partial charge on any atom is -0.354 e. The molecule has 3 heteroatoms. The summed E-state index contributed by atoms with van der Waals surface area (Å²) in [6.45, 7) is 0. The minimum absolute atomic E-state index is 0.785. The van der Waals surface area contributed by atoms with Crippen LogP contribution in [0.25, 0.3) is 21.8 Å². The van der Waals surface area contributed by atoms with Gasteiger partial charge in [0.05, 0.1) is 0 Å². The van der Waals surface area contributed by atoms with Crippen LogP contribution in [0, 0.1) is 0 Å². The number of benzene rings is 2. The average Bonchev–Trinajstić information content (AvgIpc) is 2.53. The zero-order chi connectivity index (χ0) is 10.4. The molecule has 0 atom stereocenters. The first-order valence-corrected chi connectivity index (χ1v) is 5.50. The third-order valence-electron chi connectivity index (χ3n) is 2.58. The SMILES string of the molecule is [B]c1ccc2c(c1)[nH]c1cc(Br)ccc12. The zero-order valence-electron chi connectivity index (χ0n) is 7.92. The predicted molar refractivity (Wildman–Crippen MR) is 68.9 cm³/mol. The Hall–Kier alpha value is -1.22. The molecule has 1 heterocycles. The number of aromatic amines is 1. The van der Waals surface area contributed by atoms with E-state index >= 15 is 0 Å². The van der Waals surface area contributed by atoms with Crippen molar-refractivity contribution in [1.82, 2.24) is 4.98 Å². The number of rotatable bonds is 0. The molecule has 0 spiro atoms. The molecule has 0 fully saturated rings. The van der Waals surface area contributed by atoms with Gasteiger partial charge in [-0.15, -0.1) is 0 Å². The summed E-state index contributed by atoms with van der Waals surface area (Å²) in [4.78, 5) is 3.35. The van der Waals surface area contributed by atoms with E-state index in [1.165, 1.54) is 10.8 Å². The fraction of sp³-hybridized carbons (Fsp3) is 0. The van der Waals surface area contributed by atoms with Gasteiger partial charge in [-0.2, -0.15) is 0 Å². The molecule has 70 valence electrons. The van der Waals surface area contributed by atoms with Crippen LogP contribution in [0.1, 0.15) is 0 Å². The molecule has 0 unspecified atom stereocenters. The summed E-state index contributed by atoms with van der Waals surface area (Å²) < 4.78 is 1.08. The maximum atomic E-state index is 5.75. The van der Waals surface area contributed by atoms with Gasteiger partial charge >= 0.3 is 0 Å². The van der Waals surface area contributed by atoms with Crippen LogP contribution in [0.4, 0.5) is 0 Å². The highest BCUT2D eigenvalue weighted by Gasteiger charge is 2.03. The number of hydrogen-bond acceptors (Lipinski definition) is 0. The highest BCUT2D eigenvalue weighted by molar-refractivity contribution is 9.10. The highest BCUT2D eigenvalue weighted by atomic mass is 79.9. The molecule has 2 aromatic carbocycles. The van der Waals surface area contributed by atoms with Crippen LogP contribution < -0.4 is 5.46 Å². The minimum atomic E-state index is 0.785. The van der Waals surface area contributed by atoms with Crippen LogP contribution in [0.15, 0.2) is 40.9 Å². The van der Waals surface area contributed by atoms with E-state index in [0.29, 0.717) is 0 Å². The molecule has 3 rings (SSSR count). The molecule has 2 radical (unpaired) electrons. The van der Waals surface area contributed by atoms with E-state index in [1.807, 2.05) is 18.2 Å². The van der Waals surface area contributed by atoms with Crippen LogP contribution in [0.3, 0.4) is 0 Å². The number of aromatic nitrogens is 1. The molecule has 1 aromatic heterocycles. The summed E-state index contributed by atoms with van der Waals surface area (Å²) in [5.41, 5.74) is 3.00. The van der Waals surface area contributed by atoms with Gasteiger partial charge in [-0.25, -0.2) is 0 Å². The van der Waals surface area contributed by atoms with Crippen molar-refractivity contribution in [3.05, 3.63) is 40.9 Å². The van der Waals surface area contributed by atoms with Crippen molar-refractivity contribution < 1.29 is 0 Å². The van der Waals surface area contributed by atoms with E-state index in [0.717, 1.165) is 21.0 Å². The van der Waals surface area contributed by atoms with E-state index in [1.54, 1.807) is 0 Å². The van der Waals surface area contributed by atoms with Gasteiger partial charge in [-0.1, -0.05) is 39.6 Å². The molecule has 0 aliphatic rings. The number of fused-ring (bicyclic) bond motifs is 3. The Balaban J connectivity index is 2.51. The third-order valence-corrected chi connectivity index (χ3v) is 3.08. The highest BCUT2D eigenvalue weighted by Crippen LogP contribution is 2.26. The van der Waals surface area contributed by atoms with Crippen molar-refractivity contribution >= 4 is 51.0 Å². The van der Waals surface area contributed by atoms with Crippen molar-refractivity contribution in [1.29, 1.82) is 0 Å². The molecule has 1 nitrogen and oxygen atoms in total. The summed E-state index contributed by atoms with van der Waals surface area (Å²) >= 11 is 3.46. The predicted octanol–water partition coefficient (Wildman–Crippen LogP) is 2.88. The molecule has 0 saturated carbocycles. The van der Waals surface area contributed by atoms with Gasteiger partial charge in [-0.3, -0.25) is 0 Å². The molecule has 0 saturated heterocycles. The molecule has 0 aliphatic carbocycles. The first-order valence-electron chi connectivity index (χ1n) is 4.70. The lowest BCUT2D eigenvalue weighted by atomic mass is 9.95. The van der Waals surface area contributed by atoms with Gasteiger partial charge in [0.2, 0.25) is 0 Å². The molecular weight excluding hydrogens is 249 g/mol. The Morgan fingerprint density at radius 3 is 2.40 bits per heavy atom. The van der Waals surface area contributed by atoms with Crippen LogP contribution in [-0.2, 0) is 0 Å². The monoisotopic (exact) mass is 255 g/mol. The number of nitrogens with one attached hydrogen (secondary N) is 1. The third kappa shape index (κ3) is 1.38. The molecule has 0 amide bonds. The maximum absolute atomic E-state index is 5.75. The smallest absolute Gasteiger partial charge is 0.113 e. The number of halogens is 1. The van der Waals surface area contributed by atoms with E-state index < -0.39 is 0 Å². The summed E-state index contributed by atoms with van der Waals surface area (Å²) in [7, 11) is 5.75. The lowest BCUT2D eigenvalue weighted by Crippen LogP contribution is -1.98. The van der Waals surface area contributed by atoms with Gasteiger partial charge in [-0.05, 0) is 18.2 Å². The first-order chi connectivity index (χ1) is 7.24. The topological polar surface area (TPSA) is 15.8 Å². The zero-order valence-corrected chi connectivity index (χ0v) is 9.51. The number of hydrogen-bond donors (Lipinski definition) is 1. The van der Waals surface area contributed by atoms with Crippen molar-refractivity contribution in [3.63, 3.8) is 0 Å². The van der Waals surface area contributed by atoms with E-state index in [9.17, 15) is 0 Å². The fourth-order valence-corrected chi connectivity index (χ4v) is 2.26. The van der Waals surface area contributed by atoms with Crippen LogP contribution in [0.5, 0.6) is 0 Å². The van der Waals surface area contributed by atoms with Crippen LogP contribution in [-0.4, -0.2) is 12.8 Å². The molecule has 3 aromatic rings. The average molecular weight is 256 g/mol. The van der Waals surface area contributed by atoms with Crippen molar-refractivity contribution in [3.8, 4) is 0 Å². The van der Waals surface area contributed by atoms with Crippen LogP contribution >= 0.6 is 15.9 Å². The molecule has 0 aliphatic heterocycles. The van der Waals surface area contributed by atoms with Gasteiger partial charge in [0.1, 0.15) is 7.85 Å². The molecule has 1 N–H and O–H groups in total. The van der Waals surface area contributed by atoms with Crippen molar-refractivity contribution in [2.24, 2.45) is 0 Å². The summed E-state index contributed by atoms with van der Waals surface area (Å²) in [6, 6.07) is 12.2. The maximum Gasteiger partial charge on any atom is 0.113 e. The van der Waals surface area contributed by atoms with E-state index in [-0.39, 0.29) is 0 Å². The Morgan fingerprint density at radius 1 is 0.933 bits per heavy atom. The molecule has 0 bridgehead atoms. The Morgan fingerprint density at radius 2 is 1.60 bits per heavy atom. The largest absolute Gasteiger partial charge is 0.354 e. The van der Waals surface area contributed by atoms with Gasteiger partial charge in [0.25, 0.3) is 0 Å². The van der Waals surface area contributed by atoms with E-state index in [4.69, 9.17) is 7.85 Å². The number of H-pyrrole nitrogens is 1. The second-order valence-electron chi connectivity index (χ2n) is 3.62. The lowest BCUT2D eigenvalue weighted by Gasteiger charge is -1.93. The standard InChI is InChI=1S/C12H7BBrN/c13-7-1-3-9-10-4-2-8(14)6-12(10)15-11(9)5-7/h1-6,15H. The van der Waals surface area contributed by atoms with Crippen LogP contribution in [0.2, 0.25) is 0 Å². The van der Waals surface area contributed by atoms with E-state index in [2.05, 4.69) is 39.1 Å². The quantitative estimate of drug-likeness (QED) is 0.595. The summed E-state index contributed by atoms with van der Waals surface area (Å²) in [5.74, 6) is 0. The van der Waals surface area contributed by atoms with Crippen molar-refractivity contribution in [2.45, 2.75) is 0 Å². The van der Waals surface area contributed by atoms with Gasteiger partial charge < -0.3 is 4.98 Å². The second kappa shape index (κ2) is 3.14. The lowest BCUT2D eigenvalue weighted by molar-refractivity contribution is 1.54. The molecular formula is C12H7BBrN.